The first-order valence-corrected chi connectivity index (χ1v) is 7.73. The van der Waals surface area contributed by atoms with Gasteiger partial charge in [-0.3, -0.25) is 9.89 Å². The van der Waals surface area contributed by atoms with Crippen molar-refractivity contribution < 1.29 is 4.79 Å². The predicted octanol–water partition coefficient (Wildman–Crippen LogP) is 3.49. The number of hydrogen-bond donors (Lipinski definition) is 1. The maximum atomic E-state index is 11.6. The molecule has 1 N–H and O–H groups in total. The molecule has 1 aromatic carbocycles. The molecule has 2 rings (SSSR count). The molecule has 1 heterocycles. The first kappa shape index (κ1) is 14.8. The number of carbonyl (C=O) groups is 1. The highest BCUT2D eigenvalue weighted by atomic mass is 32.2. The fourth-order valence-electron chi connectivity index (χ4n) is 1.84. The molecule has 0 aliphatic rings. The number of nitrogens with zero attached hydrogens (tertiary/aromatic N) is 2. The lowest BCUT2D eigenvalue weighted by atomic mass is 10.1. The molecule has 1 atom stereocenters. The normalized spacial score (nSPS) is 12.3. The van der Waals surface area contributed by atoms with Gasteiger partial charge in [-0.05, 0) is 18.9 Å². The number of Topliss-reactive ketones (excluding diaryl/α,β-unsaturated/α-hetero) is 1. The molecule has 1 unspecified atom stereocenters. The standard InChI is InChI=1S/C15H19N3OS/c1-4-11-6-8-12(9-7-11)14-16-15(18-17-14)20-10(3)13(19)5-2/h6-10H,4-5H2,1-3H3,(H,16,17,18). The second kappa shape index (κ2) is 6.70. The van der Waals surface area contributed by atoms with E-state index in [9.17, 15) is 4.79 Å². The zero-order chi connectivity index (χ0) is 14.5. The summed E-state index contributed by atoms with van der Waals surface area (Å²) in [6.45, 7) is 5.89. The van der Waals surface area contributed by atoms with E-state index < -0.39 is 0 Å². The van der Waals surface area contributed by atoms with Gasteiger partial charge in [-0.15, -0.1) is 5.10 Å². The molecule has 20 heavy (non-hydrogen) atoms. The molecule has 0 saturated heterocycles. The third kappa shape index (κ3) is 3.48. The van der Waals surface area contributed by atoms with Crippen molar-refractivity contribution in [2.24, 2.45) is 0 Å². The second-order valence-corrected chi connectivity index (χ2v) is 5.90. The van der Waals surface area contributed by atoms with Gasteiger partial charge in [0.15, 0.2) is 5.82 Å². The molecule has 2 aromatic rings. The lowest BCUT2D eigenvalue weighted by Gasteiger charge is -2.04. The van der Waals surface area contributed by atoms with E-state index in [0.29, 0.717) is 11.6 Å². The number of ketones is 1. The maximum absolute atomic E-state index is 11.6. The highest BCUT2D eigenvalue weighted by Gasteiger charge is 2.15. The van der Waals surface area contributed by atoms with E-state index in [4.69, 9.17) is 0 Å². The van der Waals surface area contributed by atoms with Gasteiger partial charge < -0.3 is 0 Å². The lowest BCUT2D eigenvalue weighted by molar-refractivity contribution is -0.118. The predicted molar refractivity (Wildman–Crippen MR) is 81.8 cm³/mol. The SMILES string of the molecule is CCC(=O)C(C)Sc1n[nH]c(-c2ccc(CC)cc2)n1. The minimum atomic E-state index is -0.105. The van der Waals surface area contributed by atoms with Crippen LogP contribution >= 0.6 is 11.8 Å². The molecule has 0 fully saturated rings. The van der Waals surface area contributed by atoms with Gasteiger partial charge in [0.1, 0.15) is 5.78 Å². The quantitative estimate of drug-likeness (QED) is 0.827. The van der Waals surface area contributed by atoms with Crippen molar-refractivity contribution >= 4 is 17.5 Å². The van der Waals surface area contributed by atoms with Crippen LogP contribution in [-0.2, 0) is 11.2 Å². The van der Waals surface area contributed by atoms with Crippen LogP contribution in [0, 0.1) is 0 Å². The van der Waals surface area contributed by atoms with Crippen LogP contribution in [0.3, 0.4) is 0 Å². The third-order valence-electron chi connectivity index (χ3n) is 3.18. The van der Waals surface area contributed by atoms with Crippen LogP contribution < -0.4 is 0 Å². The number of H-pyrrole nitrogens is 1. The van der Waals surface area contributed by atoms with E-state index in [-0.39, 0.29) is 11.0 Å². The van der Waals surface area contributed by atoms with Crippen molar-refractivity contribution in [2.45, 2.75) is 44.0 Å². The highest BCUT2D eigenvalue weighted by molar-refractivity contribution is 8.00. The van der Waals surface area contributed by atoms with Crippen molar-refractivity contribution in [1.29, 1.82) is 0 Å². The van der Waals surface area contributed by atoms with Gasteiger partial charge in [0.2, 0.25) is 5.16 Å². The molecule has 0 amide bonds. The summed E-state index contributed by atoms with van der Waals surface area (Å²) < 4.78 is 0. The first-order valence-electron chi connectivity index (χ1n) is 6.85. The Kier molecular flexibility index (Phi) is 4.95. The number of carbonyl (C=O) groups excluding carboxylic acids is 1. The van der Waals surface area contributed by atoms with Crippen LogP contribution in [0.25, 0.3) is 11.4 Å². The summed E-state index contributed by atoms with van der Waals surface area (Å²) in [5.41, 5.74) is 2.31. The van der Waals surface area contributed by atoms with Crippen LogP contribution in [0.5, 0.6) is 0 Å². The van der Waals surface area contributed by atoms with Gasteiger partial charge in [-0.25, -0.2) is 4.98 Å². The second-order valence-electron chi connectivity index (χ2n) is 4.60. The molecular weight excluding hydrogens is 270 g/mol. The average molecular weight is 289 g/mol. The average Bonchev–Trinajstić information content (AvgIpc) is 2.94. The Labute approximate surface area is 123 Å². The Morgan fingerprint density at radius 1 is 1.30 bits per heavy atom. The van der Waals surface area contributed by atoms with E-state index in [1.54, 1.807) is 0 Å². The van der Waals surface area contributed by atoms with Gasteiger partial charge in [-0.1, -0.05) is 49.9 Å². The van der Waals surface area contributed by atoms with Crippen molar-refractivity contribution in [3.05, 3.63) is 29.8 Å². The molecule has 0 saturated carbocycles. The summed E-state index contributed by atoms with van der Waals surface area (Å²) in [5, 5.41) is 7.61. The Hall–Kier alpha value is -1.62. The number of aromatic amines is 1. The van der Waals surface area contributed by atoms with E-state index in [1.807, 2.05) is 26.0 Å². The Morgan fingerprint density at radius 3 is 2.60 bits per heavy atom. The summed E-state index contributed by atoms with van der Waals surface area (Å²) in [7, 11) is 0. The number of aryl methyl sites for hydroxylation is 1. The fraction of sp³-hybridized carbons (Fsp3) is 0.400. The number of thioether (sulfide) groups is 1. The zero-order valence-corrected chi connectivity index (χ0v) is 12.8. The molecule has 0 spiro atoms. The van der Waals surface area contributed by atoms with Gasteiger partial charge in [-0.2, -0.15) is 0 Å². The van der Waals surface area contributed by atoms with Crippen LogP contribution in [0.15, 0.2) is 29.4 Å². The van der Waals surface area contributed by atoms with Crippen LogP contribution in [0.1, 0.15) is 32.8 Å². The van der Waals surface area contributed by atoms with Crippen molar-refractivity contribution in [1.82, 2.24) is 15.2 Å². The number of hydrogen-bond acceptors (Lipinski definition) is 4. The number of nitrogens with one attached hydrogen (secondary N) is 1. The fourth-order valence-corrected chi connectivity index (χ4v) is 2.69. The van der Waals surface area contributed by atoms with Gasteiger partial charge in [0.25, 0.3) is 0 Å². The van der Waals surface area contributed by atoms with Crippen molar-refractivity contribution in [2.75, 3.05) is 0 Å². The molecular formula is C15H19N3OS. The van der Waals surface area contributed by atoms with E-state index in [1.165, 1.54) is 17.3 Å². The maximum Gasteiger partial charge on any atom is 0.209 e. The number of rotatable bonds is 6. The topological polar surface area (TPSA) is 58.6 Å². The largest absolute Gasteiger partial charge is 0.298 e. The van der Waals surface area contributed by atoms with E-state index in [0.717, 1.165) is 17.8 Å². The van der Waals surface area contributed by atoms with Crippen LogP contribution in [0.2, 0.25) is 0 Å². The third-order valence-corrected chi connectivity index (χ3v) is 4.19. The van der Waals surface area contributed by atoms with Crippen molar-refractivity contribution in [3.8, 4) is 11.4 Å². The molecule has 0 bridgehead atoms. The summed E-state index contributed by atoms with van der Waals surface area (Å²) in [6.07, 6.45) is 1.57. The molecule has 106 valence electrons. The number of benzene rings is 1. The lowest BCUT2D eigenvalue weighted by Crippen LogP contribution is -2.11. The van der Waals surface area contributed by atoms with E-state index >= 15 is 0 Å². The van der Waals surface area contributed by atoms with Crippen LogP contribution in [-0.4, -0.2) is 26.2 Å². The molecule has 0 aliphatic carbocycles. The monoisotopic (exact) mass is 289 g/mol. The van der Waals surface area contributed by atoms with Gasteiger partial charge >= 0.3 is 0 Å². The first-order chi connectivity index (χ1) is 9.63. The molecule has 0 aliphatic heterocycles. The zero-order valence-electron chi connectivity index (χ0n) is 12.0. The number of aromatic nitrogens is 3. The Bertz CT molecular complexity index is 577. The van der Waals surface area contributed by atoms with Gasteiger partial charge in [0, 0.05) is 12.0 Å². The van der Waals surface area contributed by atoms with Crippen molar-refractivity contribution in [3.63, 3.8) is 0 Å². The Balaban J connectivity index is 2.09. The summed E-state index contributed by atoms with van der Waals surface area (Å²) in [6, 6.07) is 8.25. The van der Waals surface area contributed by atoms with Crippen LogP contribution in [0.4, 0.5) is 0 Å². The smallest absolute Gasteiger partial charge is 0.209 e. The van der Waals surface area contributed by atoms with E-state index in [2.05, 4.69) is 34.2 Å². The molecule has 5 heteroatoms. The Morgan fingerprint density at radius 2 is 2.00 bits per heavy atom. The molecule has 4 nitrogen and oxygen atoms in total. The minimum absolute atomic E-state index is 0.105. The molecule has 0 radical (unpaired) electrons. The summed E-state index contributed by atoms with van der Waals surface area (Å²) in [5.74, 6) is 0.958. The summed E-state index contributed by atoms with van der Waals surface area (Å²) >= 11 is 1.40. The minimum Gasteiger partial charge on any atom is -0.298 e. The highest BCUT2D eigenvalue weighted by Crippen LogP contribution is 2.23. The molecule has 1 aromatic heterocycles. The summed E-state index contributed by atoms with van der Waals surface area (Å²) in [4.78, 5) is 16.0. The van der Waals surface area contributed by atoms with Gasteiger partial charge in [0.05, 0.1) is 5.25 Å².